The van der Waals surface area contributed by atoms with Crippen LogP contribution in [0.1, 0.15) is 44.5 Å². The van der Waals surface area contributed by atoms with Gasteiger partial charge in [0.1, 0.15) is 0 Å². The molecule has 248 valence electrons. The molecular weight excluding hydrogens is 736 g/mol. The standard InChI is InChI=1S/C24H20Br2.C24H22/c1-15-11-17-7-3-5-9-19(17)23(21(15)13-25)24-20-10-6-4-8-18(20)12-16(2)22(24)14-26;1-15-13-19-9-5-7-11-21(19)23(17(15)3)24-18(4)16(2)14-20-10-6-8-12-22(20)24/h3-12H,13-14H2,1-2H3;5-14H,1-4H3. The molecule has 0 N–H and O–H groups in total. The zero-order valence-electron chi connectivity index (χ0n) is 29.7. The highest BCUT2D eigenvalue weighted by Gasteiger charge is 2.20. The SMILES string of the molecule is Cc1cc2ccccc2c(-c2c(C)c(C)cc3ccccc23)c1C.Cc1cc2ccccc2c(-c2c(CBr)c(C)cc3ccccc23)c1CBr. The average Bonchev–Trinajstić information content (AvgIpc) is 3.12. The quantitative estimate of drug-likeness (QED) is 0.156. The van der Waals surface area contributed by atoms with Crippen molar-refractivity contribution in [3.05, 3.63) is 166 Å². The van der Waals surface area contributed by atoms with Gasteiger partial charge >= 0.3 is 0 Å². The predicted octanol–water partition coefficient (Wildman–Crippen LogP) is 15.0. The maximum Gasteiger partial charge on any atom is 0.0292 e. The number of halogens is 2. The highest BCUT2D eigenvalue weighted by atomic mass is 79.9. The van der Waals surface area contributed by atoms with Crippen LogP contribution in [0.25, 0.3) is 65.3 Å². The molecule has 0 nitrogen and oxygen atoms in total. The summed E-state index contributed by atoms with van der Waals surface area (Å²) in [5, 5.41) is 12.3. The monoisotopic (exact) mass is 776 g/mol. The van der Waals surface area contributed by atoms with Gasteiger partial charge in [-0.1, -0.05) is 153 Å². The van der Waals surface area contributed by atoms with Gasteiger partial charge in [0.2, 0.25) is 0 Å². The van der Waals surface area contributed by atoms with Crippen LogP contribution in [0, 0.1) is 41.5 Å². The first-order valence-corrected chi connectivity index (χ1v) is 19.6. The Morgan fingerprint density at radius 1 is 0.340 bits per heavy atom. The molecule has 0 spiro atoms. The van der Waals surface area contributed by atoms with Gasteiger partial charge in [-0.05, 0) is 151 Å². The predicted molar refractivity (Wildman–Crippen MR) is 227 cm³/mol. The molecule has 0 heterocycles. The van der Waals surface area contributed by atoms with Crippen molar-refractivity contribution < 1.29 is 0 Å². The zero-order chi connectivity index (χ0) is 35.1. The Kier molecular flexibility index (Phi) is 9.70. The fourth-order valence-corrected chi connectivity index (χ4v) is 9.25. The molecule has 0 aliphatic heterocycles. The van der Waals surface area contributed by atoms with Crippen LogP contribution in [0.2, 0.25) is 0 Å². The van der Waals surface area contributed by atoms with Gasteiger partial charge in [0.05, 0.1) is 0 Å². The number of aryl methyl sites for hydroxylation is 4. The highest BCUT2D eigenvalue weighted by Crippen LogP contribution is 2.43. The molecule has 0 saturated heterocycles. The molecule has 2 heteroatoms. The minimum absolute atomic E-state index is 0.850. The summed E-state index contributed by atoms with van der Waals surface area (Å²) in [6.45, 7) is 13.4. The Labute approximate surface area is 313 Å². The van der Waals surface area contributed by atoms with Gasteiger partial charge in [0, 0.05) is 10.7 Å². The summed E-state index contributed by atoms with van der Waals surface area (Å²) in [7, 11) is 0. The lowest BCUT2D eigenvalue weighted by atomic mass is 9.84. The maximum absolute atomic E-state index is 3.76. The average molecular weight is 779 g/mol. The molecule has 0 aliphatic rings. The van der Waals surface area contributed by atoms with Crippen LogP contribution in [0.4, 0.5) is 0 Å². The van der Waals surface area contributed by atoms with Crippen molar-refractivity contribution in [2.24, 2.45) is 0 Å². The highest BCUT2D eigenvalue weighted by molar-refractivity contribution is 9.08. The van der Waals surface area contributed by atoms with Crippen LogP contribution in [-0.2, 0) is 10.7 Å². The number of alkyl halides is 2. The van der Waals surface area contributed by atoms with Crippen molar-refractivity contribution in [2.75, 3.05) is 0 Å². The van der Waals surface area contributed by atoms with E-state index in [4.69, 9.17) is 0 Å². The van der Waals surface area contributed by atoms with Crippen molar-refractivity contribution in [3.63, 3.8) is 0 Å². The molecule has 0 aliphatic carbocycles. The molecule has 0 atom stereocenters. The van der Waals surface area contributed by atoms with Gasteiger partial charge in [-0.3, -0.25) is 0 Å². The molecule has 0 fully saturated rings. The van der Waals surface area contributed by atoms with E-state index in [-0.39, 0.29) is 0 Å². The zero-order valence-corrected chi connectivity index (χ0v) is 32.9. The number of benzene rings is 8. The van der Waals surface area contributed by atoms with Gasteiger partial charge in [0.15, 0.2) is 0 Å². The topological polar surface area (TPSA) is 0 Å². The smallest absolute Gasteiger partial charge is 0.0292 e. The maximum atomic E-state index is 3.76. The molecule has 8 rings (SSSR count). The van der Waals surface area contributed by atoms with Crippen LogP contribution in [-0.4, -0.2) is 0 Å². The van der Waals surface area contributed by atoms with Gasteiger partial charge < -0.3 is 0 Å². The first-order valence-electron chi connectivity index (χ1n) is 17.4. The Morgan fingerprint density at radius 2 is 0.600 bits per heavy atom. The molecule has 0 radical (unpaired) electrons. The summed E-state index contributed by atoms with van der Waals surface area (Å²) < 4.78 is 0. The minimum Gasteiger partial charge on any atom is -0.0876 e. The van der Waals surface area contributed by atoms with E-state index in [0.29, 0.717) is 0 Å². The Morgan fingerprint density at radius 3 is 0.900 bits per heavy atom. The fourth-order valence-electron chi connectivity index (χ4n) is 7.80. The van der Waals surface area contributed by atoms with Crippen molar-refractivity contribution in [1.82, 2.24) is 0 Å². The molecule has 8 aromatic rings. The van der Waals surface area contributed by atoms with Crippen molar-refractivity contribution >= 4 is 74.9 Å². The van der Waals surface area contributed by atoms with E-state index in [1.807, 2.05) is 0 Å². The van der Waals surface area contributed by atoms with Gasteiger partial charge in [-0.25, -0.2) is 0 Å². The fraction of sp³-hybridized carbons (Fsp3) is 0.167. The Balaban J connectivity index is 0.000000157. The number of hydrogen-bond acceptors (Lipinski definition) is 0. The summed E-state index contributed by atoms with van der Waals surface area (Å²) >= 11 is 7.52. The van der Waals surface area contributed by atoms with E-state index >= 15 is 0 Å². The minimum atomic E-state index is 0.850. The van der Waals surface area contributed by atoms with Crippen molar-refractivity contribution in [2.45, 2.75) is 52.2 Å². The number of rotatable bonds is 4. The third-order valence-electron chi connectivity index (χ3n) is 10.7. The number of fused-ring (bicyclic) bond motifs is 4. The van der Waals surface area contributed by atoms with Crippen molar-refractivity contribution in [1.29, 1.82) is 0 Å². The lowest BCUT2D eigenvalue weighted by Gasteiger charge is -2.21. The summed E-state index contributed by atoms with van der Waals surface area (Å²) in [6.07, 6.45) is 0. The third-order valence-corrected chi connectivity index (χ3v) is 11.8. The van der Waals surface area contributed by atoms with E-state index < -0.39 is 0 Å². The van der Waals surface area contributed by atoms with E-state index in [1.165, 1.54) is 110 Å². The normalized spacial score (nSPS) is 11.4. The molecule has 0 aromatic heterocycles. The molecule has 0 unspecified atom stereocenters. The third kappa shape index (κ3) is 5.97. The van der Waals surface area contributed by atoms with E-state index in [1.54, 1.807) is 0 Å². The summed E-state index contributed by atoms with van der Waals surface area (Å²) in [5.74, 6) is 0. The first-order chi connectivity index (χ1) is 24.2. The number of hydrogen-bond donors (Lipinski definition) is 0. The van der Waals surface area contributed by atoms with Crippen LogP contribution < -0.4 is 0 Å². The molecule has 0 amide bonds. The summed E-state index contributed by atoms with van der Waals surface area (Å²) in [5.41, 5.74) is 16.4. The van der Waals surface area contributed by atoms with E-state index in [0.717, 1.165) is 10.7 Å². The molecular formula is C48H42Br2. The Hall–Kier alpha value is -4.24. The summed E-state index contributed by atoms with van der Waals surface area (Å²) in [6, 6.07) is 44.2. The molecule has 8 aromatic carbocycles. The second kappa shape index (κ2) is 14.2. The van der Waals surface area contributed by atoms with E-state index in [2.05, 4.69) is 195 Å². The first kappa shape index (κ1) is 34.2. The lowest BCUT2D eigenvalue weighted by Crippen LogP contribution is -1.99. The molecule has 0 saturated carbocycles. The Bertz CT molecular complexity index is 2390. The second-order valence-corrected chi connectivity index (χ2v) is 14.8. The molecule has 50 heavy (non-hydrogen) atoms. The van der Waals surface area contributed by atoms with E-state index in [9.17, 15) is 0 Å². The van der Waals surface area contributed by atoms with Crippen LogP contribution in [0.3, 0.4) is 0 Å². The second-order valence-electron chi connectivity index (χ2n) is 13.6. The lowest BCUT2D eigenvalue weighted by molar-refractivity contribution is 1.31. The van der Waals surface area contributed by atoms with Gasteiger partial charge in [-0.2, -0.15) is 0 Å². The van der Waals surface area contributed by atoms with Crippen LogP contribution in [0.15, 0.2) is 121 Å². The largest absolute Gasteiger partial charge is 0.0876 e. The summed E-state index contributed by atoms with van der Waals surface area (Å²) in [4.78, 5) is 0. The van der Waals surface area contributed by atoms with Crippen molar-refractivity contribution in [3.8, 4) is 22.3 Å². The van der Waals surface area contributed by atoms with Gasteiger partial charge in [0.25, 0.3) is 0 Å². The van der Waals surface area contributed by atoms with Crippen LogP contribution in [0.5, 0.6) is 0 Å². The van der Waals surface area contributed by atoms with Gasteiger partial charge in [-0.15, -0.1) is 0 Å². The van der Waals surface area contributed by atoms with Crippen LogP contribution >= 0.6 is 31.9 Å². The molecule has 0 bridgehead atoms.